The number of hydrogen-bond acceptors (Lipinski definition) is 4. The van der Waals surface area contributed by atoms with Crippen molar-refractivity contribution < 1.29 is 9.18 Å². The molecule has 2 heterocycles. The Kier molecular flexibility index (Phi) is 3.27. The number of amides is 1. The van der Waals surface area contributed by atoms with Gasteiger partial charge in [0.2, 0.25) is 5.95 Å². The van der Waals surface area contributed by atoms with Crippen LogP contribution >= 0.6 is 0 Å². The van der Waals surface area contributed by atoms with Gasteiger partial charge < -0.3 is 5.32 Å². The molecule has 0 aliphatic rings. The van der Waals surface area contributed by atoms with E-state index in [-0.39, 0.29) is 5.91 Å². The second kappa shape index (κ2) is 4.87. The Hall–Kier alpha value is -2.37. The Labute approximate surface area is 103 Å². The molecule has 2 aromatic rings. The summed E-state index contributed by atoms with van der Waals surface area (Å²) in [5.41, 5.74) is 2.05. The predicted molar refractivity (Wildman–Crippen MR) is 63.7 cm³/mol. The van der Waals surface area contributed by atoms with Gasteiger partial charge in [-0.25, -0.2) is 4.98 Å². The third-order valence-electron chi connectivity index (χ3n) is 2.33. The number of carbonyl (C=O) groups is 1. The third-order valence-corrected chi connectivity index (χ3v) is 2.33. The van der Waals surface area contributed by atoms with Crippen LogP contribution in [0.3, 0.4) is 0 Å². The van der Waals surface area contributed by atoms with Crippen molar-refractivity contribution >= 4 is 11.6 Å². The number of pyridine rings is 1. The lowest BCUT2D eigenvalue weighted by Crippen LogP contribution is -2.15. The molecule has 0 atom stereocenters. The first-order chi connectivity index (χ1) is 8.56. The van der Waals surface area contributed by atoms with Crippen molar-refractivity contribution in [1.29, 1.82) is 0 Å². The van der Waals surface area contributed by atoms with Gasteiger partial charge in [-0.3, -0.25) is 4.79 Å². The maximum atomic E-state index is 12.6. The highest BCUT2D eigenvalue weighted by molar-refractivity contribution is 6.04. The quantitative estimate of drug-likeness (QED) is 0.821. The van der Waals surface area contributed by atoms with Gasteiger partial charge in [0.25, 0.3) is 5.91 Å². The zero-order valence-corrected chi connectivity index (χ0v) is 9.94. The second-order valence-corrected chi connectivity index (χ2v) is 3.81. The van der Waals surface area contributed by atoms with Crippen LogP contribution in [0.1, 0.15) is 21.7 Å². The number of nitrogens with one attached hydrogen (secondary N) is 1. The smallest absolute Gasteiger partial charge is 0.257 e. The van der Waals surface area contributed by atoms with Gasteiger partial charge >= 0.3 is 0 Å². The molecule has 0 bridgehead atoms. The largest absolute Gasteiger partial charge is 0.321 e. The molecule has 2 rings (SSSR count). The van der Waals surface area contributed by atoms with Crippen molar-refractivity contribution in [3.63, 3.8) is 0 Å². The molecule has 0 radical (unpaired) electrons. The summed E-state index contributed by atoms with van der Waals surface area (Å²) in [6.07, 6.45) is 1.25. The number of nitrogens with zero attached hydrogens (tertiary/aromatic N) is 3. The van der Waals surface area contributed by atoms with Gasteiger partial charge in [-0.05, 0) is 32.0 Å². The average molecular weight is 246 g/mol. The fraction of sp³-hybridized carbons (Fsp3) is 0.167. The molecular weight excluding hydrogens is 235 g/mol. The van der Waals surface area contributed by atoms with Crippen LogP contribution in [0.5, 0.6) is 0 Å². The SMILES string of the molecule is Cc1cc(C(=O)Nc2ccc(F)nc2)c(C)nn1. The Morgan fingerprint density at radius 1 is 1.28 bits per heavy atom. The third kappa shape index (κ3) is 2.65. The lowest BCUT2D eigenvalue weighted by molar-refractivity contribution is 0.102. The van der Waals surface area contributed by atoms with Crippen molar-refractivity contribution in [2.24, 2.45) is 0 Å². The number of anilines is 1. The van der Waals surface area contributed by atoms with Gasteiger partial charge in [-0.15, -0.1) is 0 Å². The Morgan fingerprint density at radius 3 is 2.72 bits per heavy atom. The van der Waals surface area contributed by atoms with Crippen LogP contribution in [0.15, 0.2) is 24.4 Å². The number of halogens is 1. The minimum atomic E-state index is -0.592. The highest BCUT2D eigenvalue weighted by Gasteiger charge is 2.11. The molecule has 0 saturated carbocycles. The minimum Gasteiger partial charge on any atom is -0.321 e. The first-order valence-electron chi connectivity index (χ1n) is 5.30. The molecule has 0 saturated heterocycles. The summed E-state index contributed by atoms with van der Waals surface area (Å²) in [6, 6.07) is 4.27. The van der Waals surface area contributed by atoms with Gasteiger partial charge in [0, 0.05) is 0 Å². The molecule has 0 unspecified atom stereocenters. The second-order valence-electron chi connectivity index (χ2n) is 3.81. The van der Waals surface area contributed by atoms with Crippen LogP contribution in [-0.2, 0) is 0 Å². The van der Waals surface area contributed by atoms with E-state index < -0.39 is 5.95 Å². The van der Waals surface area contributed by atoms with Crippen LogP contribution in [-0.4, -0.2) is 21.1 Å². The van der Waals surface area contributed by atoms with E-state index in [9.17, 15) is 9.18 Å². The minimum absolute atomic E-state index is 0.320. The molecular formula is C12H11FN4O. The van der Waals surface area contributed by atoms with Crippen LogP contribution < -0.4 is 5.32 Å². The maximum Gasteiger partial charge on any atom is 0.257 e. The summed E-state index contributed by atoms with van der Waals surface area (Å²) in [5.74, 6) is -0.912. The average Bonchev–Trinajstić information content (AvgIpc) is 2.35. The zero-order valence-electron chi connectivity index (χ0n) is 9.94. The molecule has 1 N–H and O–H groups in total. The Bertz CT molecular complexity index is 583. The van der Waals surface area contributed by atoms with Crippen molar-refractivity contribution in [2.75, 3.05) is 5.32 Å². The van der Waals surface area contributed by atoms with E-state index in [1.54, 1.807) is 19.9 Å². The standard InChI is InChI=1S/C12H11FN4O/c1-7-5-10(8(2)17-16-7)12(18)15-9-3-4-11(13)14-6-9/h3-6H,1-2H3,(H,15,18). The molecule has 1 amide bonds. The van der Waals surface area contributed by atoms with E-state index in [4.69, 9.17) is 0 Å². The molecule has 0 aliphatic heterocycles. The predicted octanol–water partition coefficient (Wildman–Crippen LogP) is 1.88. The molecule has 0 aliphatic carbocycles. The molecule has 0 spiro atoms. The molecule has 18 heavy (non-hydrogen) atoms. The lowest BCUT2D eigenvalue weighted by Gasteiger charge is -2.06. The zero-order chi connectivity index (χ0) is 13.1. The Morgan fingerprint density at radius 2 is 2.06 bits per heavy atom. The van der Waals surface area contributed by atoms with E-state index in [0.29, 0.717) is 22.6 Å². The van der Waals surface area contributed by atoms with Gasteiger partial charge in [0.15, 0.2) is 0 Å². The normalized spacial score (nSPS) is 10.2. The summed E-state index contributed by atoms with van der Waals surface area (Å²) in [4.78, 5) is 15.4. The number of rotatable bonds is 2. The molecule has 5 nitrogen and oxygen atoms in total. The monoisotopic (exact) mass is 246 g/mol. The lowest BCUT2D eigenvalue weighted by atomic mass is 10.2. The van der Waals surface area contributed by atoms with Gasteiger partial charge in [0.05, 0.1) is 28.8 Å². The van der Waals surface area contributed by atoms with Gasteiger partial charge in [0.1, 0.15) is 0 Å². The topological polar surface area (TPSA) is 67.8 Å². The first kappa shape index (κ1) is 12.1. The number of hydrogen-bond donors (Lipinski definition) is 1. The molecule has 2 aromatic heterocycles. The van der Waals surface area contributed by atoms with Crippen LogP contribution in [0, 0.1) is 19.8 Å². The number of aryl methyl sites for hydroxylation is 2. The van der Waals surface area contributed by atoms with Crippen molar-refractivity contribution in [1.82, 2.24) is 15.2 Å². The molecule has 0 aromatic carbocycles. The van der Waals surface area contributed by atoms with Crippen molar-refractivity contribution in [3.05, 3.63) is 47.3 Å². The number of carbonyl (C=O) groups excluding carboxylic acids is 1. The van der Waals surface area contributed by atoms with Crippen molar-refractivity contribution in [3.8, 4) is 0 Å². The summed E-state index contributed by atoms with van der Waals surface area (Å²) in [6.45, 7) is 3.45. The van der Waals surface area contributed by atoms with Gasteiger partial charge in [-0.1, -0.05) is 0 Å². The fourth-order valence-electron chi connectivity index (χ4n) is 1.43. The van der Waals surface area contributed by atoms with E-state index in [0.717, 1.165) is 0 Å². The molecule has 6 heteroatoms. The van der Waals surface area contributed by atoms with E-state index >= 15 is 0 Å². The Balaban J connectivity index is 2.21. The highest BCUT2D eigenvalue weighted by Crippen LogP contribution is 2.10. The van der Waals surface area contributed by atoms with Crippen LogP contribution in [0.4, 0.5) is 10.1 Å². The maximum absolute atomic E-state index is 12.6. The van der Waals surface area contributed by atoms with Crippen molar-refractivity contribution in [2.45, 2.75) is 13.8 Å². The molecule has 92 valence electrons. The van der Waals surface area contributed by atoms with Crippen LogP contribution in [0.25, 0.3) is 0 Å². The summed E-state index contributed by atoms with van der Waals surface area (Å²) >= 11 is 0. The fourth-order valence-corrected chi connectivity index (χ4v) is 1.43. The van der Waals surface area contributed by atoms with Gasteiger partial charge in [-0.2, -0.15) is 14.6 Å². The summed E-state index contributed by atoms with van der Waals surface area (Å²) < 4.78 is 12.6. The van der Waals surface area contributed by atoms with E-state index in [1.807, 2.05) is 0 Å². The van der Waals surface area contributed by atoms with E-state index in [2.05, 4.69) is 20.5 Å². The summed E-state index contributed by atoms with van der Waals surface area (Å²) in [7, 11) is 0. The molecule has 0 fully saturated rings. The first-order valence-corrected chi connectivity index (χ1v) is 5.30. The summed E-state index contributed by atoms with van der Waals surface area (Å²) in [5, 5.41) is 10.3. The van der Waals surface area contributed by atoms with E-state index in [1.165, 1.54) is 18.3 Å². The van der Waals surface area contributed by atoms with Crippen LogP contribution in [0.2, 0.25) is 0 Å². The number of aromatic nitrogens is 3. The highest BCUT2D eigenvalue weighted by atomic mass is 19.1.